The summed E-state index contributed by atoms with van der Waals surface area (Å²) < 4.78 is 12.8. The number of halogens is 2. The summed E-state index contributed by atoms with van der Waals surface area (Å²) in [6.45, 7) is 0.0714. The molecule has 0 atom stereocenters. The summed E-state index contributed by atoms with van der Waals surface area (Å²) in [5.41, 5.74) is 5.66. The lowest BCUT2D eigenvalue weighted by Gasteiger charge is -2.17. The van der Waals surface area contributed by atoms with Crippen molar-refractivity contribution in [2.45, 2.75) is 0 Å². The molecule has 1 amide bonds. The van der Waals surface area contributed by atoms with Gasteiger partial charge in [0.05, 0.1) is 11.6 Å². The van der Waals surface area contributed by atoms with Gasteiger partial charge in [0.2, 0.25) is 5.91 Å². The van der Waals surface area contributed by atoms with Crippen LogP contribution in [0, 0.1) is 5.82 Å². The van der Waals surface area contributed by atoms with Crippen molar-refractivity contribution in [2.24, 2.45) is 5.73 Å². The van der Waals surface area contributed by atoms with Crippen LogP contribution in [0.1, 0.15) is 0 Å². The predicted octanol–water partition coefficient (Wildman–Crippen LogP) is 1.40. The molecule has 0 saturated carbocycles. The minimum Gasteiger partial charge on any atom is -0.368 e. The van der Waals surface area contributed by atoms with E-state index in [-0.39, 0.29) is 11.6 Å². The average Bonchev–Trinajstić information content (AvgIpc) is 2.08. The first-order valence-electron chi connectivity index (χ1n) is 3.95. The Balaban J connectivity index is 2.85. The highest BCUT2D eigenvalue weighted by Crippen LogP contribution is 2.21. The molecule has 76 valence electrons. The molecule has 0 aliphatic rings. The standard InChI is InChI=1S/C9H10ClFN2O/c1-13(5-9(12)14)6-2-3-8(11)7(10)4-6/h2-4H,5H2,1H3,(H2,12,14). The lowest BCUT2D eigenvalue weighted by Crippen LogP contribution is -2.30. The number of rotatable bonds is 3. The molecule has 0 aromatic heterocycles. The Labute approximate surface area is 86.3 Å². The van der Waals surface area contributed by atoms with Crippen LogP contribution in [-0.4, -0.2) is 19.5 Å². The predicted molar refractivity (Wildman–Crippen MR) is 53.9 cm³/mol. The zero-order valence-corrected chi connectivity index (χ0v) is 8.38. The molecule has 3 nitrogen and oxygen atoms in total. The first-order valence-corrected chi connectivity index (χ1v) is 4.33. The Morgan fingerprint density at radius 3 is 2.79 bits per heavy atom. The fraction of sp³-hybridized carbons (Fsp3) is 0.222. The maximum absolute atomic E-state index is 12.8. The number of amides is 1. The van der Waals surface area contributed by atoms with Gasteiger partial charge in [-0.2, -0.15) is 0 Å². The molecule has 1 aromatic rings. The van der Waals surface area contributed by atoms with E-state index in [0.29, 0.717) is 5.69 Å². The molecular formula is C9H10ClFN2O. The van der Waals surface area contributed by atoms with E-state index >= 15 is 0 Å². The molecule has 1 rings (SSSR count). The summed E-state index contributed by atoms with van der Waals surface area (Å²) in [5.74, 6) is -0.934. The van der Waals surface area contributed by atoms with Crippen molar-refractivity contribution in [2.75, 3.05) is 18.5 Å². The number of hydrogen-bond donors (Lipinski definition) is 1. The highest BCUT2D eigenvalue weighted by Gasteiger charge is 2.06. The van der Waals surface area contributed by atoms with Crippen LogP contribution in [0.25, 0.3) is 0 Å². The molecule has 2 N–H and O–H groups in total. The van der Waals surface area contributed by atoms with E-state index in [9.17, 15) is 9.18 Å². The van der Waals surface area contributed by atoms with E-state index in [0.717, 1.165) is 0 Å². The number of hydrogen-bond acceptors (Lipinski definition) is 2. The van der Waals surface area contributed by atoms with Crippen molar-refractivity contribution < 1.29 is 9.18 Å². The Morgan fingerprint density at radius 1 is 1.64 bits per heavy atom. The molecule has 0 aliphatic heterocycles. The second-order valence-corrected chi connectivity index (χ2v) is 3.33. The summed E-state index contributed by atoms with van der Waals surface area (Å²) in [6, 6.07) is 4.22. The summed E-state index contributed by atoms with van der Waals surface area (Å²) >= 11 is 5.58. The van der Waals surface area contributed by atoms with Crippen LogP contribution in [0.5, 0.6) is 0 Å². The lowest BCUT2D eigenvalue weighted by molar-refractivity contribution is -0.116. The Morgan fingerprint density at radius 2 is 2.29 bits per heavy atom. The molecule has 0 aliphatic carbocycles. The van der Waals surface area contributed by atoms with Crippen LogP contribution in [-0.2, 0) is 4.79 Å². The number of benzene rings is 1. The highest BCUT2D eigenvalue weighted by molar-refractivity contribution is 6.31. The number of primary amides is 1. The third-order valence-corrected chi connectivity index (χ3v) is 2.03. The van der Waals surface area contributed by atoms with Crippen LogP contribution in [0.3, 0.4) is 0 Å². The minimum atomic E-state index is -0.483. The van der Waals surface area contributed by atoms with Crippen LogP contribution < -0.4 is 10.6 Å². The van der Waals surface area contributed by atoms with Crippen molar-refractivity contribution in [3.8, 4) is 0 Å². The zero-order chi connectivity index (χ0) is 10.7. The van der Waals surface area contributed by atoms with Gasteiger partial charge in [0.1, 0.15) is 5.82 Å². The van der Waals surface area contributed by atoms with Crippen molar-refractivity contribution in [1.29, 1.82) is 0 Å². The average molecular weight is 217 g/mol. The Hall–Kier alpha value is -1.29. The van der Waals surface area contributed by atoms with Gasteiger partial charge in [-0.25, -0.2) is 4.39 Å². The number of anilines is 1. The van der Waals surface area contributed by atoms with Crippen molar-refractivity contribution in [3.63, 3.8) is 0 Å². The second-order valence-electron chi connectivity index (χ2n) is 2.92. The van der Waals surface area contributed by atoms with E-state index in [1.165, 1.54) is 18.2 Å². The molecule has 0 fully saturated rings. The van der Waals surface area contributed by atoms with Gasteiger partial charge in [0.25, 0.3) is 0 Å². The summed E-state index contributed by atoms with van der Waals surface area (Å²) in [4.78, 5) is 12.2. The maximum Gasteiger partial charge on any atom is 0.236 e. The summed E-state index contributed by atoms with van der Waals surface area (Å²) in [5, 5.41) is 0.0267. The van der Waals surface area contributed by atoms with E-state index in [1.807, 2.05) is 0 Å². The fourth-order valence-corrected chi connectivity index (χ4v) is 1.22. The number of carbonyl (C=O) groups excluding carboxylic acids is 1. The molecular weight excluding hydrogens is 207 g/mol. The zero-order valence-electron chi connectivity index (χ0n) is 7.63. The molecule has 14 heavy (non-hydrogen) atoms. The lowest BCUT2D eigenvalue weighted by atomic mass is 10.3. The largest absolute Gasteiger partial charge is 0.368 e. The van der Waals surface area contributed by atoms with E-state index < -0.39 is 11.7 Å². The number of nitrogens with two attached hydrogens (primary N) is 1. The smallest absolute Gasteiger partial charge is 0.236 e. The van der Waals surface area contributed by atoms with Gasteiger partial charge in [0, 0.05) is 12.7 Å². The van der Waals surface area contributed by atoms with Gasteiger partial charge < -0.3 is 10.6 Å². The molecule has 0 heterocycles. The van der Waals surface area contributed by atoms with Gasteiger partial charge in [-0.3, -0.25) is 4.79 Å². The van der Waals surface area contributed by atoms with E-state index in [2.05, 4.69) is 0 Å². The quantitative estimate of drug-likeness (QED) is 0.830. The number of carbonyl (C=O) groups is 1. The number of nitrogens with zero attached hydrogens (tertiary/aromatic N) is 1. The number of likely N-dealkylation sites (N-methyl/N-ethyl adjacent to an activating group) is 1. The summed E-state index contributed by atoms with van der Waals surface area (Å²) in [7, 11) is 1.67. The molecule has 0 unspecified atom stereocenters. The molecule has 0 bridgehead atoms. The molecule has 0 saturated heterocycles. The van der Waals surface area contributed by atoms with Crippen LogP contribution in [0.4, 0.5) is 10.1 Å². The topological polar surface area (TPSA) is 46.3 Å². The van der Waals surface area contributed by atoms with E-state index in [1.54, 1.807) is 11.9 Å². The van der Waals surface area contributed by atoms with E-state index in [4.69, 9.17) is 17.3 Å². The molecule has 5 heteroatoms. The van der Waals surface area contributed by atoms with Gasteiger partial charge in [-0.05, 0) is 18.2 Å². The van der Waals surface area contributed by atoms with Gasteiger partial charge in [0.15, 0.2) is 0 Å². The fourth-order valence-electron chi connectivity index (χ4n) is 1.05. The second kappa shape index (κ2) is 4.28. The Kier molecular flexibility index (Phi) is 3.30. The summed E-state index contributed by atoms with van der Waals surface area (Å²) in [6.07, 6.45) is 0. The molecule has 1 aromatic carbocycles. The van der Waals surface area contributed by atoms with Crippen LogP contribution in [0.15, 0.2) is 18.2 Å². The van der Waals surface area contributed by atoms with Crippen LogP contribution >= 0.6 is 11.6 Å². The van der Waals surface area contributed by atoms with Gasteiger partial charge in [-0.1, -0.05) is 11.6 Å². The van der Waals surface area contributed by atoms with Crippen LogP contribution in [0.2, 0.25) is 5.02 Å². The van der Waals surface area contributed by atoms with Crippen molar-refractivity contribution >= 4 is 23.2 Å². The third kappa shape index (κ3) is 2.60. The van der Waals surface area contributed by atoms with Crippen molar-refractivity contribution in [3.05, 3.63) is 29.0 Å². The minimum absolute atomic E-state index is 0.0267. The monoisotopic (exact) mass is 216 g/mol. The van der Waals surface area contributed by atoms with Gasteiger partial charge >= 0.3 is 0 Å². The molecule has 0 radical (unpaired) electrons. The normalized spacial score (nSPS) is 9.93. The van der Waals surface area contributed by atoms with Crippen molar-refractivity contribution in [1.82, 2.24) is 0 Å². The first-order chi connectivity index (χ1) is 6.50. The molecule has 0 spiro atoms. The SMILES string of the molecule is CN(CC(N)=O)c1ccc(F)c(Cl)c1. The van der Waals surface area contributed by atoms with Gasteiger partial charge in [-0.15, -0.1) is 0 Å². The Bertz CT molecular complexity index is 357. The maximum atomic E-state index is 12.8. The third-order valence-electron chi connectivity index (χ3n) is 1.74. The first kappa shape index (κ1) is 10.8. The highest BCUT2D eigenvalue weighted by atomic mass is 35.5.